The molecule has 0 saturated heterocycles. The van der Waals surface area contributed by atoms with Gasteiger partial charge < -0.3 is 33.2 Å². The van der Waals surface area contributed by atoms with E-state index in [0.29, 0.717) is 48.7 Å². The van der Waals surface area contributed by atoms with E-state index in [4.69, 9.17) is 33.2 Å². The van der Waals surface area contributed by atoms with Crippen LogP contribution in [-0.2, 0) is 17.6 Å². The molecule has 0 spiro atoms. The average Bonchev–Trinajstić information content (AvgIpc) is 3.15. The van der Waals surface area contributed by atoms with Crippen LogP contribution in [-0.4, -0.2) is 28.4 Å². The molecule has 2 heterocycles. The first-order valence-electron chi connectivity index (χ1n) is 17.7. The molecule has 0 aliphatic carbocycles. The molecule has 0 amide bonds. The standard InChI is InChI=1S/C44H50O7/c1-27(2)19-21-31-35(45-5)25-37(47-7)41-39(23-33(50-43(31)41)29-15-11-9-12-16-29)49-40-24-34(30-17-13-10-14-18-30)51-44-32(22-20-28(3)4)36(46-6)26-38(48-8)42(40)44/h9-20,25-26,33-34,39-40H,21-24H2,1-8H3/t33-,34-,39+,40+/m1/s1. The minimum atomic E-state index is -0.398. The third kappa shape index (κ3) is 7.59. The molecule has 2 aliphatic heterocycles. The second-order valence-electron chi connectivity index (χ2n) is 13.6. The number of allylic oxidation sites excluding steroid dienone is 4. The molecule has 6 rings (SSSR count). The second kappa shape index (κ2) is 16.0. The summed E-state index contributed by atoms with van der Waals surface area (Å²) in [4.78, 5) is 0. The molecule has 4 aromatic carbocycles. The molecule has 0 N–H and O–H groups in total. The van der Waals surface area contributed by atoms with E-state index >= 15 is 0 Å². The van der Waals surface area contributed by atoms with Gasteiger partial charge in [-0.25, -0.2) is 0 Å². The van der Waals surface area contributed by atoms with Crippen LogP contribution in [0.3, 0.4) is 0 Å². The van der Waals surface area contributed by atoms with Gasteiger partial charge in [0, 0.05) is 36.1 Å². The summed E-state index contributed by atoms with van der Waals surface area (Å²) in [6, 6.07) is 24.6. The van der Waals surface area contributed by atoms with Crippen LogP contribution in [0.5, 0.6) is 34.5 Å². The van der Waals surface area contributed by atoms with E-state index in [0.717, 1.165) is 44.9 Å². The van der Waals surface area contributed by atoms with Gasteiger partial charge in [0.05, 0.1) is 51.8 Å². The highest BCUT2D eigenvalue weighted by molar-refractivity contribution is 5.62. The number of fused-ring (bicyclic) bond motifs is 2. The van der Waals surface area contributed by atoms with Crippen molar-refractivity contribution in [2.24, 2.45) is 0 Å². The summed E-state index contributed by atoms with van der Waals surface area (Å²) in [5.41, 5.74) is 8.26. The van der Waals surface area contributed by atoms with E-state index in [-0.39, 0.29) is 12.2 Å². The SMILES string of the molecule is COc1cc(OC)c2c(c1CC=C(C)C)O[C@@H](c1ccccc1)C[C@@H]2O[C@H]1C[C@H](c2ccccc2)Oc2c(CC=C(C)C)c(OC)cc(OC)c21. The van der Waals surface area contributed by atoms with Crippen LogP contribution in [0, 0.1) is 0 Å². The predicted octanol–water partition coefficient (Wildman–Crippen LogP) is 10.6. The monoisotopic (exact) mass is 690 g/mol. The van der Waals surface area contributed by atoms with Crippen molar-refractivity contribution in [3.63, 3.8) is 0 Å². The maximum absolute atomic E-state index is 7.45. The summed E-state index contributed by atoms with van der Waals surface area (Å²) in [7, 11) is 6.75. The maximum Gasteiger partial charge on any atom is 0.137 e. The lowest BCUT2D eigenvalue weighted by molar-refractivity contribution is -0.0758. The van der Waals surface area contributed by atoms with Gasteiger partial charge in [0.25, 0.3) is 0 Å². The number of ether oxygens (including phenoxy) is 7. The summed E-state index contributed by atoms with van der Waals surface area (Å²) in [6.07, 6.45) is 5.51. The summed E-state index contributed by atoms with van der Waals surface area (Å²) >= 11 is 0. The highest BCUT2D eigenvalue weighted by Gasteiger charge is 2.42. The molecule has 0 radical (unpaired) electrons. The van der Waals surface area contributed by atoms with Crippen molar-refractivity contribution < 1.29 is 33.2 Å². The normalized spacial score (nSPS) is 19.0. The Kier molecular flexibility index (Phi) is 11.3. The van der Waals surface area contributed by atoms with Crippen LogP contribution in [0.2, 0.25) is 0 Å². The lowest BCUT2D eigenvalue weighted by Gasteiger charge is -2.40. The molecule has 4 aromatic rings. The molecule has 0 saturated carbocycles. The van der Waals surface area contributed by atoms with E-state index in [1.54, 1.807) is 28.4 Å². The van der Waals surface area contributed by atoms with Gasteiger partial charge in [0.1, 0.15) is 46.7 Å². The molecule has 0 fully saturated rings. The van der Waals surface area contributed by atoms with Gasteiger partial charge in [-0.05, 0) is 51.7 Å². The zero-order valence-corrected chi connectivity index (χ0v) is 31.1. The summed E-state index contributed by atoms with van der Waals surface area (Å²) in [5, 5.41) is 0. The lowest BCUT2D eigenvalue weighted by Crippen LogP contribution is -2.27. The minimum Gasteiger partial charge on any atom is -0.496 e. The first-order chi connectivity index (χ1) is 24.8. The van der Waals surface area contributed by atoms with Crippen molar-refractivity contribution in [1.29, 1.82) is 0 Å². The zero-order valence-electron chi connectivity index (χ0n) is 31.1. The van der Waals surface area contributed by atoms with Crippen molar-refractivity contribution in [3.05, 3.63) is 129 Å². The molecule has 0 aromatic heterocycles. The summed E-state index contributed by atoms with van der Waals surface area (Å²) < 4.78 is 45.4. The van der Waals surface area contributed by atoms with Gasteiger partial charge in [0.15, 0.2) is 0 Å². The predicted molar refractivity (Wildman–Crippen MR) is 201 cm³/mol. The Bertz CT molecular complexity index is 1730. The number of hydrogen-bond donors (Lipinski definition) is 0. The molecule has 4 atom stereocenters. The highest BCUT2D eigenvalue weighted by Crippen LogP contribution is 2.57. The van der Waals surface area contributed by atoms with Gasteiger partial charge in [0.2, 0.25) is 0 Å². The van der Waals surface area contributed by atoms with Crippen molar-refractivity contribution in [1.82, 2.24) is 0 Å². The molecule has 51 heavy (non-hydrogen) atoms. The van der Waals surface area contributed by atoms with E-state index in [1.165, 1.54) is 11.1 Å². The number of rotatable bonds is 12. The number of benzene rings is 4. The minimum absolute atomic E-state index is 0.263. The summed E-state index contributed by atoms with van der Waals surface area (Å²) in [5.74, 6) is 4.25. The van der Waals surface area contributed by atoms with Crippen LogP contribution in [0.15, 0.2) is 96.1 Å². The van der Waals surface area contributed by atoms with Gasteiger partial charge in [-0.2, -0.15) is 0 Å². The molecule has 0 unspecified atom stereocenters. The first-order valence-corrected chi connectivity index (χ1v) is 17.7. The molecule has 268 valence electrons. The quantitative estimate of drug-likeness (QED) is 0.137. The number of hydrogen-bond acceptors (Lipinski definition) is 7. The van der Waals surface area contributed by atoms with E-state index < -0.39 is 12.2 Å². The third-order valence-corrected chi connectivity index (χ3v) is 9.69. The zero-order chi connectivity index (χ0) is 36.1. The van der Waals surface area contributed by atoms with Gasteiger partial charge in [-0.3, -0.25) is 0 Å². The highest BCUT2D eigenvalue weighted by atomic mass is 16.5. The largest absolute Gasteiger partial charge is 0.496 e. The smallest absolute Gasteiger partial charge is 0.137 e. The molecular formula is C44H50O7. The van der Waals surface area contributed by atoms with Crippen LogP contribution >= 0.6 is 0 Å². The van der Waals surface area contributed by atoms with Crippen LogP contribution < -0.4 is 28.4 Å². The van der Waals surface area contributed by atoms with Crippen LogP contribution in [0.1, 0.15) is 98.3 Å². The Morgan fingerprint density at radius 1 is 0.569 bits per heavy atom. The maximum atomic E-state index is 7.45. The van der Waals surface area contributed by atoms with E-state index in [1.807, 2.05) is 48.5 Å². The second-order valence-corrected chi connectivity index (χ2v) is 13.6. The number of methoxy groups -OCH3 is 4. The Morgan fingerprint density at radius 3 is 1.27 bits per heavy atom. The van der Waals surface area contributed by atoms with Crippen LogP contribution in [0.25, 0.3) is 0 Å². The van der Waals surface area contributed by atoms with Gasteiger partial charge in [-0.1, -0.05) is 84.0 Å². The Balaban J connectivity index is 1.55. The van der Waals surface area contributed by atoms with Crippen molar-refractivity contribution in [2.75, 3.05) is 28.4 Å². The topological polar surface area (TPSA) is 64.6 Å². The van der Waals surface area contributed by atoms with Gasteiger partial charge in [-0.15, -0.1) is 0 Å². The summed E-state index contributed by atoms with van der Waals surface area (Å²) in [6.45, 7) is 8.40. The Hall–Kier alpha value is -4.88. The van der Waals surface area contributed by atoms with Crippen molar-refractivity contribution >= 4 is 0 Å². The van der Waals surface area contributed by atoms with Crippen molar-refractivity contribution in [3.8, 4) is 34.5 Å². The molecule has 0 bridgehead atoms. The Morgan fingerprint density at radius 2 is 0.941 bits per heavy atom. The first kappa shape index (κ1) is 35.9. The average molecular weight is 691 g/mol. The molecule has 7 nitrogen and oxygen atoms in total. The van der Waals surface area contributed by atoms with E-state index in [9.17, 15) is 0 Å². The van der Waals surface area contributed by atoms with Crippen molar-refractivity contribution in [2.45, 2.75) is 77.8 Å². The fraction of sp³-hybridized carbons (Fsp3) is 0.364. The van der Waals surface area contributed by atoms with Crippen LogP contribution in [0.4, 0.5) is 0 Å². The molecule has 2 aliphatic rings. The lowest BCUT2D eigenvalue weighted by atomic mass is 9.88. The Labute approximate surface area is 302 Å². The fourth-order valence-electron chi connectivity index (χ4n) is 7.11. The molecular weight excluding hydrogens is 640 g/mol. The van der Waals surface area contributed by atoms with Gasteiger partial charge >= 0.3 is 0 Å². The molecule has 7 heteroatoms. The van der Waals surface area contributed by atoms with E-state index in [2.05, 4.69) is 64.1 Å². The fourth-order valence-corrected chi connectivity index (χ4v) is 7.11. The third-order valence-electron chi connectivity index (χ3n) is 9.69.